The van der Waals surface area contributed by atoms with Gasteiger partial charge < -0.3 is 5.32 Å². The molecule has 5 nitrogen and oxygen atoms in total. The molecular weight excluding hydrogens is 391 g/mol. The van der Waals surface area contributed by atoms with Crippen LogP contribution in [0.5, 0.6) is 0 Å². The highest BCUT2D eigenvalue weighted by molar-refractivity contribution is 7.91. The number of thiophene rings is 1. The minimum Gasteiger partial charge on any atom is -0.348 e. The molecule has 0 fully saturated rings. The van der Waals surface area contributed by atoms with E-state index in [-0.39, 0.29) is 10.3 Å². The first-order chi connectivity index (χ1) is 11.2. The number of carbonyl (C=O) groups is 1. The molecule has 0 bridgehead atoms. The second-order valence-electron chi connectivity index (χ2n) is 5.18. The third-order valence-corrected chi connectivity index (χ3v) is 6.96. The zero-order valence-electron chi connectivity index (χ0n) is 12.9. The molecule has 0 aliphatic carbocycles. The molecule has 1 heterocycles. The lowest BCUT2D eigenvalue weighted by Gasteiger charge is -2.19. The number of hydrogen-bond acceptors (Lipinski definition) is 4. The van der Waals surface area contributed by atoms with Crippen LogP contribution >= 0.6 is 34.5 Å². The van der Waals surface area contributed by atoms with E-state index >= 15 is 0 Å². The first-order valence-electron chi connectivity index (χ1n) is 7.02. The van der Waals surface area contributed by atoms with Crippen LogP contribution in [0.4, 0.5) is 0 Å². The molecule has 2 aromatic rings. The zero-order valence-corrected chi connectivity index (χ0v) is 16.1. The summed E-state index contributed by atoms with van der Waals surface area (Å²) in [5, 5.41) is 5.22. The van der Waals surface area contributed by atoms with Gasteiger partial charge in [-0.25, -0.2) is 8.42 Å². The number of nitrogens with one attached hydrogen (secondary N) is 2. The van der Waals surface area contributed by atoms with Crippen LogP contribution in [0.2, 0.25) is 10.0 Å². The van der Waals surface area contributed by atoms with Crippen molar-refractivity contribution in [2.75, 3.05) is 0 Å². The van der Waals surface area contributed by atoms with Gasteiger partial charge in [0.15, 0.2) is 0 Å². The molecule has 2 rings (SSSR count). The van der Waals surface area contributed by atoms with Gasteiger partial charge in [0, 0.05) is 0 Å². The van der Waals surface area contributed by atoms with Gasteiger partial charge in [0.05, 0.1) is 22.1 Å². The van der Waals surface area contributed by atoms with Crippen LogP contribution in [0.3, 0.4) is 0 Å². The summed E-state index contributed by atoms with van der Waals surface area (Å²) in [5.74, 6) is -0.436. The number of sulfonamides is 1. The molecule has 1 amide bonds. The molecular formula is C15H16Cl2N2O3S2. The quantitative estimate of drug-likeness (QED) is 0.769. The summed E-state index contributed by atoms with van der Waals surface area (Å²) >= 11 is 12.9. The molecule has 2 atom stereocenters. The lowest BCUT2D eigenvalue weighted by atomic mass is 10.1. The Labute approximate surface area is 155 Å². The van der Waals surface area contributed by atoms with Crippen molar-refractivity contribution < 1.29 is 13.2 Å². The molecule has 0 spiro atoms. The van der Waals surface area contributed by atoms with Gasteiger partial charge in [-0.3, -0.25) is 4.79 Å². The van der Waals surface area contributed by atoms with Crippen LogP contribution in [0.1, 0.15) is 25.5 Å². The van der Waals surface area contributed by atoms with Crippen molar-refractivity contribution in [3.63, 3.8) is 0 Å². The fourth-order valence-corrected chi connectivity index (χ4v) is 4.48. The highest BCUT2D eigenvalue weighted by Gasteiger charge is 2.23. The van der Waals surface area contributed by atoms with Crippen LogP contribution in [0.25, 0.3) is 0 Å². The predicted octanol–water partition coefficient (Wildman–Crippen LogP) is 3.60. The van der Waals surface area contributed by atoms with Gasteiger partial charge in [0.25, 0.3) is 10.0 Å². The number of rotatable bonds is 6. The number of hydrogen-bond donors (Lipinski definition) is 2. The summed E-state index contributed by atoms with van der Waals surface area (Å²) in [6, 6.07) is 6.91. The second-order valence-corrected chi connectivity index (χ2v) is 8.88. The van der Waals surface area contributed by atoms with Crippen molar-refractivity contribution >= 4 is 50.5 Å². The Hall–Kier alpha value is -1.12. The van der Waals surface area contributed by atoms with Gasteiger partial charge >= 0.3 is 0 Å². The Morgan fingerprint density at radius 1 is 1.17 bits per heavy atom. The van der Waals surface area contributed by atoms with Gasteiger partial charge in [0.1, 0.15) is 4.21 Å². The van der Waals surface area contributed by atoms with E-state index < -0.39 is 22.0 Å². The van der Waals surface area contributed by atoms with Crippen LogP contribution in [0.15, 0.2) is 39.9 Å². The molecule has 0 aliphatic rings. The molecule has 0 saturated heterocycles. The maximum atomic E-state index is 12.2. The van der Waals surface area contributed by atoms with Gasteiger partial charge in [-0.2, -0.15) is 4.72 Å². The average Bonchev–Trinajstić information content (AvgIpc) is 3.04. The summed E-state index contributed by atoms with van der Waals surface area (Å²) in [6.07, 6.45) is 0. The molecule has 1 aromatic carbocycles. The molecule has 2 N–H and O–H groups in total. The number of carbonyl (C=O) groups excluding carboxylic acids is 1. The number of halogens is 2. The fourth-order valence-electron chi connectivity index (χ4n) is 1.96. The van der Waals surface area contributed by atoms with E-state index in [0.717, 1.165) is 16.9 Å². The van der Waals surface area contributed by atoms with Crippen molar-refractivity contribution in [3.05, 3.63) is 51.3 Å². The van der Waals surface area contributed by atoms with E-state index in [1.807, 2.05) is 0 Å². The minimum absolute atomic E-state index is 0.166. The summed E-state index contributed by atoms with van der Waals surface area (Å²) in [5.41, 5.74) is 0.770. The maximum Gasteiger partial charge on any atom is 0.250 e. The Morgan fingerprint density at radius 3 is 2.46 bits per heavy atom. The maximum absolute atomic E-state index is 12.2. The highest BCUT2D eigenvalue weighted by Crippen LogP contribution is 2.25. The molecule has 24 heavy (non-hydrogen) atoms. The standard InChI is InChI=1S/C15H16Cl2N2O3S2/c1-9(11-5-6-12(16)13(17)8-11)18-15(20)10(2)19-24(21,22)14-4-3-7-23-14/h3-10,19H,1-2H3,(H,18,20). The Morgan fingerprint density at radius 2 is 1.88 bits per heavy atom. The molecule has 2 unspecified atom stereocenters. The zero-order chi connectivity index (χ0) is 17.9. The Kier molecular flexibility index (Phi) is 6.28. The van der Waals surface area contributed by atoms with Crippen LogP contribution in [-0.2, 0) is 14.8 Å². The first kappa shape index (κ1) is 19.2. The smallest absolute Gasteiger partial charge is 0.250 e. The van der Waals surface area contributed by atoms with E-state index in [0.29, 0.717) is 10.0 Å². The summed E-state index contributed by atoms with van der Waals surface area (Å²) in [7, 11) is -3.70. The fraction of sp³-hybridized carbons (Fsp3) is 0.267. The minimum atomic E-state index is -3.70. The van der Waals surface area contributed by atoms with Crippen LogP contribution in [-0.4, -0.2) is 20.4 Å². The number of amides is 1. The predicted molar refractivity (Wildman–Crippen MR) is 97.1 cm³/mol. The Balaban J connectivity index is 2.02. The van der Waals surface area contributed by atoms with Crippen LogP contribution in [0, 0.1) is 0 Å². The lowest BCUT2D eigenvalue weighted by molar-refractivity contribution is -0.123. The normalized spacial score (nSPS) is 14.2. The van der Waals surface area contributed by atoms with E-state index in [1.54, 1.807) is 36.6 Å². The Bertz CT molecular complexity index is 823. The average molecular weight is 407 g/mol. The van der Waals surface area contributed by atoms with E-state index in [4.69, 9.17) is 23.2 Å². The van der Waals surface area contributed by atoms with Gasteiger partial charge in [0.2, 0.25) is 5.91 Å². The molecule has 0 radical (unpaired) electrons. The highest BCUT2D eigenvalue weighted by atomic mass is 35.5. The van der Waals surface area contributed by atoms with Crippen molar-refractivity contribution in [1.82, 2.24) is 10.0 Å². The third-order valence-electron chi connectivity index (χ3n) is 3.29. The molecule has 130 valence electrons. The van der Waals surface area contributed by atoms with Crippen molar-refractivity contribution in [1.29, 1.82) is 0 Å². The second kappa shape index (κ2) is 7.84. The number of benzene rings is 1. The van der Waals surface area contributed by atoms with Crippen molar-refractivity contribution in [3.8, 4) is 0 Å². The van der Waals surface area contributed by atoms with Crippen molar-refractivity contribution in [2.45, 2.75) is 30.1 Å². The van der Waals surface area contributed by atoms with E-state index in [9.17, 15) is 13.2 Å². The summed E-state index contributed by atoms with van der Waals surface area (Å²) in [4.78, 5) is 12.2. The molecule has 0 aliphatic heterocycles. The monoisotopic (exact) mass is 406 g/mol. The van der Waals surface area contributed by atoms with Gasteiger partial charge in [-0.1, -0.05) is 35.3 Å². The molecule has 9 heteroatoms. The SMILES string of the molecule is CC(NS(=O)(=O)c1cccs1)C(=O)NC(C)c1ccc(Cl)c(Cl)c1. The summed E-state index contributed by atoms with van der Waals surface area (Å²) in [6.45, 7) is 3.26. The third kappa shape index (κ3) is 4.70. The van der Waals surface area contributed by atoms with Gasteiger partial charge in [-0.15, -0.1) is 11.3 Å². The van der Waals surface area contributed by atoms with E-state index in [1.165, 1.54) is 13.0 Å². The van der Waals surface area contributed by atoms with E-state index in [2.05, 4.69) is 10.0 Å². The summed E-state index contributed by atoms with van der Waals surface area (Å²) < 4.78 is 26.8. The topological polar surface area (TPSA) is 75.3 Å². The van der Waals surface area contributed by atoms with Crippen molar-refractivity contribution in [2.24, 2.45) is 0 Å². The molecule has 0 saturated carbocycles. The van der Waals surface area contributed by atoms with Gasteiger partial charge in [-0.05, 0) is 43.0 Å². The first-order valence-corrected chi connectivity index (χ1v) is 10.1. The molecule has 1 aromatic heterocycles. The largest absolute Gasteiger partial charge is 0.348 e. The van der Waals surface area contributed by atoms with Crippen LogP contribution < -0.4 is 10.0 Å². The lowest BCUT2D eigenvalue weighted by Crippen LogP contribution is -2.45.